The number of hydrogen-bond donors (Lipinski definition) is 0. The van der Waals surface area contributed by atoms with Gasteiger partial charge in [-0.1, -0.05) is 0 Å². The highest BCUT2D eigenvalue weighted by atomic mass is 79.9. The Morgan fingerprint density at radius 1 is 1.35 bits per heavy atom. The zero-order valence-corrected chi connectivity index (χ0v) is 12.7. The minimum atomic E-state index is -0.688. The molecule has 1 unspecified atom stereocenters. The van der Waals surface area contributed by atoms with Gasteiger partial charge in [-0.05, 0) is 53.7 Å². The maximum absolute atomic E-state index is 13.8. The normalized spacial score (nSPS) is 19.1. The summed E-state index contributed by atoms with van der Waals surface area (Å²) in [4.78, 5) is 11.9. The van der Waals surface area contributed by atoms with Gasteiger partial charge in [0.15, 0.2) is 0 Å². The molecule has 1 fully saturated rings. The third-order valence-electron chi connectivity index (χ3n) is 3.53. The fourth-order valence-electron chi connectivity index (χ4n) is 2.37. The molecule has 110 valence electrons. The molecule has 0 aromatic heterocycles. The lowest BCUT2D eigenvalue weighted by Crippen LogP contribution is -2.20. The first-order valence-electron chi connectivity index (χ1n) is 6.83. The number of ether oxygens (including phenoxy) is 1. The van der Waals surface area contributed by atoms with Crippen molar-refractivity contribution < 1.29 is 18.3 Å². The summed E-state index contributed by atoms with van der Waals surface area (Å²) in [5.41, 5.74) is -0.158. The molecule has 0 amide bonds. The number of carbonyl (C=O) groups excluding carboxylic acids is 1. The molecule has 1 saturated heterocycles. The molecule has 1 aromatic carbocycles. The molecule has 1 aliphatic rings. The third kappa shape index (κ3) is 4.09. The Hall–Kier alpha value is -0.810. The van der Waals surface area contributed by atoms with E-state index in [2.05, 4.69) is 15.9 Å². The van der Waals surface area contributed by atoms with Crippen molar-refractivity contribution in [2.24, 2.45) is 0 Å². The highest BCUT2D eigenvalue weighted by molar-refractivity contribution is 9.10. The van der Waals surface area contributed by atoms with Crippen molar-refractivity contribution in [2.45, 2.75) is 44.6 Å². The van der Waals surface area contributed by atoms with E-state index in [-0.39, 0.29) is 28.3 Å². The number of carbonyl (C=O) groups is 1. The molecule has 0 radical (unpaired) electrons. The summed E-state index contributed by atoms with van der Waals surface area (Å²) in [5, 5.41) is 0. The summed E-state index contributed by atoms with van der Waals surface area (Å²) in [5.74, 6) is -1.52. The topological polar surface area (TPSA) is 26.3 Å². The lowest BCUT2D eigenvalue weighted by Gasteiger charge is -2.22. The molecular weight excluding hydrogens is 330 g/mol. The number of benzene rings is 1. The summed E-state index contributed by atoms with van der Waals surface area (Å²) < 4.78 is 33.0. The molecule has 0 saturated carbocycles. The van der Waals surface area contributed by atoms with Gasteiger partial charge in [0.25, 0.3) is 0 Å². The summed E-state index contributed by atoms with van der Waals surface area (Å²) in [7, 11) is 0. The molecule has 1 aliphatic heterocycles. The highest BCUT2D eigenvalue weighted by Crippen LogP contribution is 2.23. The molecule has 0 spiro atoms. The lowest BCUT2D eigenvalue weighted by molar-refractivity contribution is -0.119. The average Bonchev–Trinajstić information content (AvgIpc) is 2.46. The van der Waals surface area contributed by atoms with Crippen LogP contribution >= 0.6 is 15.9 Å². The number of hydrogen-bond acceptors (Lipinski definition) is 2. The minimum Gasteiger partial charge on any atom is -0.378 e. The predicted molar refractivity (Wildman–Crippen MR) is 75.6 cm³/mol. The molecule has 0 N–H and O–H groups in total. The van der Waals surface area contributed by atoms with E-state index in [1.165, 1.54) is 12.1 Å². The van der Waals surface area contributed by atoms with Crippen LogP contribution in [0.2, 0.25) is 0 Å². The second kappa shape index (κ2) is 7.27. The second-order valence-corrected chi connectivity index (χ2v) is 5.92. The zero-order chi connectivity index (χ0) is 14.5. The van der Waals surface area contributed by atoms with Crippen LogP contribution in [-0.2, 0) is 16.0 Å². The maximum Gasteiger partial charge on any atom is 0.143 e. The van der Waals surface area contributed by atoms with Crippen molar-refractivity contribution in [1.82, 2.24) is 0 Å². The molecular formula is C15H17BrF2O2. The van der Waals surface area contributed by atoms with Crippen LogP contribution in [0, 0.1) is 11.6 Å². The van der Waals surface area contributed by atoms with Crippen LogP contribution < -0.4 is 0 Å². The Kier molecular flexibility index (Phi) is 5.66. The van der Waals surface area contributed by atoms with E-state index in [0.29, 0.717) is 12.8 Å². The molecule has 1 atom stereocenters. The van der Waals surface area contributed by atoms with Gasteiger partial charge in [0.05, 0.1) is 10.6 Å². The van der Waals surface area contributed by atoms with Gasteiger partial charge in [-0.15, -0.1) is 0 Å². The van der Waals surface area contributed by atoms with E-state index in [0.717, 1.165) is 25.9 Å². The molecule has 0 bridgehead atoms. The van der Waals surface area contributed by atoms with Crippen molar-refractivity contribution in [3.05, 3.63) is 33.8 Å². The monoisotopic (exact) mass is 346 g/mol. The molecule has 0 aliphatic carbocycles. The SMILES string of the molecule is O=C(CCC1CCCCO1)Cc1c(F)ccc(Br)c1F. The average molecular weight is 347 g/mol. The van der Waals surface area contributed by atoms with Crippen molar-refractivity contribution in [2.75, 3.05) is 6.61 Å². The maximum atomic E-state index is 13.8. The van der Waals surface area contributed by atoms with Crippen LogP contribution in [0.4, 0.5) is 8.78 Å². The standard InChI is InChI=1S/C15H17BrF2O2/c16-13-6-7-14(17)12(15(13)18)9-10(19)4-5-11-3-1-2-8-20-11/h6-7,11H,1-5,8-9H2. The van der Waals surface area contributed by atoms with Crippen LogP contribution in [-0.4, -0.2) is 18.5 Å². The van der Waals surface area contributed by atoms with Gasteiger partial charge < -0.3 is 4.74 Å². The number of ketones is 1. The van der Waals surface area contributed by atoms with Crippen LogP contribution in [0.3, 0.4) is 0 Å². The number of halogens is 3. The fraction of sp³-hybridized carbons (Fsp3) is 0.533. The van der Waals surface area contributed by atoms with Crippen molar-refractivity contribution in [1.29, 1.82) is 0 Å². The summed E-state index contributed by atoms with van der Waals surface area (Å²) >= 11 is 3.00. The Balaban J connectivity index is 1.89. The summed E-state index contributed by atoms with van der Waals surface area (Å²) in [6.07, 6.45) is 4.00. The van der Waals surface area contributed by atoms with E-state index >= 15 is 0 Å². The van der Waals surface area contributed by atoms with Crippen LogP contribution in [0.15, 0.2) is 16.6 Å². The van der Waals surface area contributed by atoms with Crippen LogP contribution in [0.25, 0.3) is 0 Å². The predicted octanol–water partition coefficient (Wildman–Crippen LogP) is 4.19. The Labute approximate surface area is 125 Å². The molecule has 2 nitrogen and oxygen atoms in total. The smallest absolute Gasteiger partial charge is 0.143 e. The largest absolute Gasteiger partial charge is 0.378 e. The van der Waals surface area contributed by atoms with Gasteiger partial charge in [0, 0.05) is 25.0 Å². The van der Waals surface area contributed by atoms with Gasteiger partial charge in [0.2, 0.25) is 0 Å². The minimum absolute atomic E-state index is 0.116. The van der Waals surface area contributed by atoms with E-state index in [1.807, 2.05) is 0 Å². The third-order valence-corrected chi connectivity index (χ3v) is 4.14. The molecule has 20 heavy (non-hydrogen) atoms. The Morgan fingerprint density at radius 2 is 2.15 bits per heavy atom. The van der Waals surface area contributed by atoms with Crippen molar-refractivity contribution >= 4 is 21.7 Å². The fourth-order valence-corrected chi connectivity index (χ4v) is 2.75. The Bertz CT molecular complexity index is 485. The van der Waals surface area contributed by atoms with E-state index in [4.69, 9.17) is 4.74 Å². The number of rotatable bonds is 5. The first-order valence-corrected chi connectivity index (χ1v) is 7.63. The van der Waals surface area contributed by atoms with Gasteiger partial charge in [-0.25, -0.2) is 8.78 Å². The second-order valence-electron chi connectivity index (χ2n) is 5.06. The summed E-state index contributed by atoms with van der Waals surface area (Å²) in [6, 6.07) is 2.47. The first-order chi connectivity index (χ1) is 9.58. The molecule has 5 heteroatoms. The highest BCUT2D eigenvalue weighted by Gasteiger charge is 2.18. The first kappa shape index (κ1) is 15.6. The summed E-state index contributed by atoms with van der Waals surface area (Å²) in [6.45, 7) is 0.744. The van der Waals surface area contributed by atoms with Crippen molar-refractivity contribution in [3.63, 3.8) is 0 Å². The number of Topliss-reactive ketones (excluding diaryl/α,β-unsaturated/α-hetero) is 1. The zero-order valence-electron chi connectivity index (χ0n) is 11.1. The quantitative estimate of drug-likeness (QED) is 0.747. The molecule has 2 rings (SSSR count). The molecule has 1 heterocycles. The van der Waals surface area contributed by atoms with E-state index < -0.39 is 11.6 Å². The van der Waals surface area contributed by atoms with Crippen LogP contribution in [0.5, 0.6) is 0 Å². The van der Waals surface area contributed by atoms with Gasteiger partial charge in [-0.2, -0.15) is 0 Å². The Morgan fingerprint density at radius 3 is 2.85 bits per heavy atom. The van der Waals surface area contributed by atoms with Gasteiger partial charge >= 0.3 is 0 Å². The van der Waals surface area contributed by atoms with Crippen molar-refractivity contribution in [3.8, 4) is 0 Å². The van der Waals surface area contributed by atoms with Crippen LogP contribution in [0.1, 0.15) is 37.7 Å². The lowest BCUT2D eigenvalue weighted by atomic mass is 10.00. The molecule has 1 aromatic rings. The van der Waals surface area contributed by atoms with E-state index in [1.54, 1.807) is 0 Å². The van der Waals surface area contributed by atoms with E-state index in [9.17, 15) is 13.6 Å². The van der Waals surface area contributed by atoms with Gasteiger partial charge in [-0.3, -0.25) is 4.79 Å². The van der Waals surface area contributed by atoms with Gasteiger partial charge in [0.1, 0.15) is 17.4 Å².